The van der Waals surface area contributed by atoms with E-state index >= 15 is 0 Å². The maximum absolute atomic E-state index is 5.32. The highest BCUT2D eigenvalue weighted by atomic mass is 16.5. The fraction of sp³-hybridized carbons (Fsp3) is 0.636. The lowest BCUT2D eigenvalue weighted by Gasteiger charge is -2.26. The van der Waals surface area contributed by atoms with Gasteiger partial charge >= 0.3 is 0 Å². The molecule has 8 heteroatoms. The molecule has 0 aromatic carbocycles. The molecule has 3 heterocycles. The van der Waals surface area contributed by atoms with Gasteiger partial charge < -0.3 is 10.1 Å². The average molecular weight is 263 g/mol. The van der Waals surface area contributed by atoms with E-state index in [2.05, 4.69) is 30.5 Å². The quantitative estimate of drug-likeness (QED) is 0.796. The predicted octanol–water partition coefficient (Wildman–Crippen LogP) is -0.498. The predicted molar refractivity (Wildman–Crippen MR) is 69.8 cm³/mol. The number of anilines is 1. The molecule has 0 aliphatic carbocycles. The molecule has 3 rings (SSSR count). The Labute approximate surface area is 110 Å². The SMILES string of the molecule is Cn1nnc2c(NCCN3CCOCC3)ncnc21. The molecule has 0 radical (unpaired) electrons. The van der Waals surface area contributed by atoms with Gasteiger partial charge in [0.1, 0.15) is 6.33 Å². The van der Waals surface area contributed by atoms with Crippen molar-refractivity contribution in [3.05, 3.63) is 6.33 Å². The molecule has 0 atom stereocenters. The monoisotopic (exact) mass is 263 g/mol. The van der Waals surface area contributed by atoms with Crippen LogP contribution < -0.4 is 5.32 Å². The van der Waals surface area contributed by atoms with Gasteiger partial charge in [-0.2, -0.15) is 0 Å². The summed E-state index contributed by atoms with van der Waals surface area (Å²) in [4.78, 5) is 10.7. The van der Waals surface area contributed by atoms with Crippen molar-refractivity contribution < 1.29 is 4.74 Å². The molecule has 1 N–H and O–H groups in total. The Balaban J connectivity index is 1.62. The Kier molecular flexibility index (Phi) is 3.51. The molecule has 0 spiro atoms. The van der Waals surface area contributed by atoms with E-state index in [4.69, 9.17) is 4.74 Å². The number of morpholine rings is 1. The summed E-state index contributed by atoms with van der Waals surface area (Å²) in [6.45, 7) is 5.42. The van der Waals surface area contributed by atoms with Crippen LogP contribution in [0, 0.1) is 0 Å². The summed E-state index contributed by atoms with van der Waals surface area (Å²) < 4.78 is 6.96. The van der Waals surface area contributed by atoms with E-state index in [9.17, 15) is 0 Å². The van der Waals surface area contributed by atoms with Crippen LogP contribution in [0.4, 0.5) is 5.82 Å². The largest absolute Gasteiger partial charge is 0.379 e. The fourth-order valence-corrected chi connectivity index (χ4v) is 2.14. The number of rotatable bonds is 4. The Morgan fingerprint density at radius 1 is 1.32 bits per heavy atom. The summed E-state index contributed by atoms with van der Waals surface area (Å²) in [6, 6.07) is 0. The fourth-order valence-electron chi connectivity index (χ4n) is 2.14. The van der Waals surface area contributed by atoms with E-state index < -0.39 is 0 Å². The van der Waals surface area contributed by atoms with Gasteiger partial charge in [-0.15, -0.1) is 5.10 Å². The van der Waals surface area contributed by atoms with E-state index in [-0.39, 0.29) is 0 Å². The van der Waals surface area contributed by atoms with E-state index in [1.807, 2.05) is 7.05 Å². The highest BCUT2D eigenvalue weighted by Gasteiger charge is 2.11. The van der Waals surface area contributed by atoms with Crippen LogP contribution in [0.1, 0.15) is 0 Å². The lowest BCUT2D eigenvalue weighted by atomic mass is 10.4. The van der Waals surface area contributed by atoms with Crippen molar-refractivity contribution in [2.75, 3.05) is 44.7 Å². The van der Waals surface area contributed by atoms with Gasteiger partial charge in [0, 0.05) is 33.2 Å². The molecule has 1 aliphatic rings. The zero-order valence-electron chi connectivity index (χ0n) is 10.9. The van der Waals surface area contributed by atoms with Gasteiger partial charge in [0.2, 0.25) is 0 Å². The van der Waals surface area contributed by atoms with Gasteiger partial charge in [-0.05, 0) is 0 Å². The van der Waals surface area contributed by atoms with Crippen LogP contribution in [0.15, 0.2) is 6.33 Å². The minimum absolute atomic E-state index is 0.715. The van der Waals surface area contributed by atoms with Gasteiger partial charge in [-0.25, -0.2) is 14.6 Å². The average Bonchev–Trinajstić information content (AvgIpc) is 2.83. The van der Waals surface area contributed by atoms with Crippen molar-refractivity contribution in [2.24, 2.45) is 7.05 Å². The van der Waals surface area contributed by atoms with Crippen molar-refractivity contribution in [2.45, 2.75) is 0 Å². The molecule has 19 heavy (non-hydrogen) atoms. The number of hydrogen-bond donors (Lipinski definition) is 1. The maximum atomic E-state index is 5.32. The second-order valence-corrected chi connectivity index (χ2v) is 4.49. The summed E-state index contributed by atoms with van der Waals surface area (Å²) >= 11 is 0. The second kappa shape index (κ2) is 5.45. The molecule has 0 amide bonds. The molecule has 8 nitrogen and oxygen atoms in total. The minimum atomic E-state index is 0.715. The van der Waals surface area contributed by atoms with Crippen molar-refractivity contribution in [3.63, 3.8) is 0 Å². The first-order valence-corrected chi connectivity index (χ1v) is 6.39. The van der Waals surface area contributed by atoms with E-state index in [1.54, 1.807) is 4.68 Å². The lowest BCUT2D eigenvalue weighted by Crippen LogP contribution is -2.39. The molecule has 0 saturated carbocycles. The third-order valence-electron chi connectivity index (χ3n) is 3.21. The van der Waals surface area contributed by atoms with Crippen LogP contribution in [-0.2, 0) is 11.8 Å². The molecule has 1 aliphatic heterocycles. The first-order chi connectivity index (χ1) is 9.34. The van der Waals surface area contributed by atoms with E-state index in [0.29, 0.717) is 5.52 Å². The number of aromatic nitrogens is 5. The van der Waals surface area contributed by atoms with Crippen molar-refractivity contribution >= 4 is 17.0 Å². The lowest BCUT2D eigenvalue weighted by molar-refractivity contribution is 0.0398. The molecular formula is C11H17N7O. The zero-order chi connectivity index (χ0) is 13.1. The molecule has 2 aromatic rings. The van der Waals surface area contributed by atoms with Crippen LogP contribution >= 0.6 is 0 Å². The van der Waals surface area contributed by atoms with Crippen molar-refractivity contribution in [1.29, 1.82) is 0 Å². The van der Waals surface area contributed by atoms with Crippen LogP contribution in [0.3, 0.4) is 0 Å². The Morgan fingerprint density at radius 2 is 2.16 bits per heavy atom. The normalized spacial score (nSPS) is 16.9. The third kappa shape index (κ3) is 2.64. The van der Waals surface area contributed by atoms with Gasteiger partial charge in [0.15, 0.2) is 17.0 Å². The van der Waals surface area contributed by atoms with Gasteiger partial charge in [-0.1, -0.05) is 5.21 Å². The first-order valence-electron chi connectivity index (χ1n) is 6.39. The Bertz CT molecular complexity index is 549. The topological polar surface area (TPSA) is 81.0 Å². The number of hydrogen-bond acceptors (Lipinski definition) is 7. The molecule has 0 unspecified atom stereocenters. The molecule has 102 valence electrons. The third-order valence-corrected chi connectivity index (χ3v) is 3.21. The molecule has 1 fully saturated rings. The van der Waals surface area contributed by atoms with Crippen molar-refractivity contribution in [3.8, 4) is 0 Å². The van der Waals surface area contributed by atoms with Gasteiger partial charge in [-0.3, -0.25) is 4.90 Å². The molecule has 1 saturated heterocycles. The number of aryl methyl sites for hydroxylation is 1. The molecular weight excluding hydrogens is 246 g/mol. The number of nitrogens with zero attached hydrogens (tertiary/aromatic N) is 6. The van der Waals surface area contributed by atoms with Gasteiger partial charge in [0.25, 0.3) is 0 Å². The van der Waals surface area contributed by atoms with Gasteiger partial charge in [0.05, 0.1) is 13.2 Å². The summed E-state index contributed by atoms with van der Waals surface area (Å²) in [5, 5.41) is 11.3. The Morgan fingerprint density at radius 3 is 3.00 bits per heavy atom. The number of ether oxygens (including phenoxy) is 1. The van der Waals surface area contributed by atoms with Crippen LogP contribution in [0.5, 0.6) is 0 Å². The summed E-state index contributed by atoms with van der Waals surface area (Å²) in [7, 11) is 1.82. The standard InChI is InChI=1S/C11H17N7O/c1-17-11-9(15-16-17)10(13-8-14-11)12-2-3-18-4-6-19-7-5-18/h8H,2-7H2,1H3,(H,12,13,14). The summed E-state index contributed by atoms with van der Waals surface area (Å²) in [5.41, 5.74) is 1.45. The van der Waals surface area contributed by atoms with E-state index in [1.165, 1.54) is 6.33 Å². The number of fused-ring (bicyclic) bond motifs is 1. The van der Waals surface area contributed by atoms with Crippen LogP contribution in [0.25, 0.3) is 11.2 Å². The zero-order valence-corrected chi connectivity index (χ0v) is 10.9. The van der Waals surface area contributed by atoms with Crippen LogP contribution in [0.2, 0.25) is 0 Å². The summed E-state index contributed by atoms with van der Waals surface area (Å²) in [5.74, 6) is 0.742. The second-order valence-electron chi connectivity index (χ2n) is 4.49. The smallest absolute Gasteiger partial charge is 0.183 e. The first kappa shape index (κ1) is 12.2. The minimum Gasteiger partial charge on any atom is -0.379 e. The Hall–Kier alpha value is -1.80. The highest BCUT2D eigenvalue weighted by molar-refractivity contribution is 5.81. The van der Waals surface area contributed by atoms with E-state index in [0.717, 1.165) is 50.9 Å². The molecule has 2 aromatic heterocycles. The highest BCUT2D eigenvalue weighted by Crippen LogP contribution is 2.14. The van der Waals surface area contributed by atoms with Crippen molar-refractivity contribution in [1.82, 2.24) is 29.9 Å². The maximum Gasteiger partial charge on any atom is 0.183 e. The van der Waals surface area contributed by atoms with Crippen LogP contribution in [-0.4, -0.2) is 69.3 Å². The molecule has 0 bridgehead atoms. The number of nitrogens with one attached hydrogen (secondary N) is 1. The summed E-state index contributed by atoms with van der Waals surface area (Å²) in [6.07, 6.45) is 1.53.